The zero-order chi connectivity index (χ0) is 18.5. The van der Waals surface area contributed by atoms with Crippen molar-refractivity contribution in [1.82, 2.24) is 15.5 Å². The lowest BCUT2D eigenvalue weighted by Gasteiger charge is -2.13. The molecule has 0 saturated carbocycles. The number of hydrogen-bond acceptors (Lipinski definition) is 5. The number of amides is 1. The van der Waals surface area contributed by atoms with E-state index in [1.54, 1.807) is 12.1 Å². The summed E-state index contributed by atoms with van der Waals surface area (Å²) in [6.45, 7) is 3.93. The molecular weight excluding hydrogens is 370 g/mol. The number of carbonyl (C=O) groups is 1. The molecule has 0 unspecified atom stereocenters. The number of nitrogens with zero attached hydrogens (tertiary/aromatic N) is 2. The maximum Gasteiger partial charge on any atom is 0.277 e. The molecule has 0 saturated heterocycles. The molecule has 2 aromatic carbocycles. The van der Waals surface area contributed by atoms with E-state index in [0.717, 1.165) is 16.7 Å². The standard InChI is InChI=1S/C19H18ClN3O2S/c1-12-4-3-5-15(10-12)18-22-23-19(25-18)26-11-17(24)21-13(2)14-6-8-16(20)9-7-14/h3-10,13H,11H2,1-2H3,(H,21,24)/t13-/m1/s1. The van der Waals surface area contributed by atoms with Gasteiger partial charge in [-0.1, -0.05) is 53.2 Å². The fraction of sp³-hybridized carbons (Fsp3) is 0.211. The third-order valence-corrected chi connectivity index (χ3v) is 4.82. The molecule has 7 heteroatoms. The number of rotatable bonds is 6. The van der Waals surface area contributed by atoms with Gasteiger partial charge in [0, 0.05) is 10.6 Å². The third kappa shape index (κ3) is 4.86. The average molecular weight is 388 g/mol. The minimum absolute atomic E-state index is 0.104. The summed E-state index contributed by atoms with van der Waals surface area (Å²) in [5.74, 6) is 0.548. The predicted molar refractivity (Wildman–Crippen MR) is 103 cm³/mol. The Balaban J connectivity index is 1.54. The van der Waals surface area contributed by atoms with E-state index in [1.807, 2.05) is 50.2 Å². The van der Waals surface area contributed by atoms with E-state index in [2.05, 4.69) is 15.5 Å². The van der Waals surface area contributed by atoms with E-state index in [4.69, 9.17) is 16.0 Å². The Morgan fingerprint density at radius 1 is 1.23 bits per heavy atom. The Labute approximate surface area is 161 Å². The summed E-state index contributed by atoms with van der Waals surface area (Å²) in [7, 11) is 0. The highest BCUT2D eigenvalue weighted by atomic mass is 35.5. The minimum atomic E-state index is -0.106. The van der Waals surface area contributed by atoms with Crippen LogP contribution < -0.4 is 5.32 Å². The molecule has 0 aliphatic carbocycles. The van der Waals surface area contributed by atoms with Gasteiger partial charge in [-0.3, -0.25) is 4.79 Å². The van der Waals surface area contributed by atoms with Gasteiger partial charge < -0.3 is 9.73 Å². The molecule has 5 nitrogen and oxygen atoms in total. The number of aryl methyl sites for hydroxylation is 1. The molecule has 3 rings (SSSR count). The Bertz CT molecular complexity index is 896. The van der Waals surface area contributed by atoms with Gasteiger partial charge in [0.15, 0.2) is 0 Å². The molecule has 3 aromatic rings. The van der Waals surface area contributed by atoms with Gasteiger partial charge in [0.1, 0.15) is 0 Å². The van der Waals surface area contributed by atoms with Crippen LogP contribution in [0.5, 0.6) is 0 Å². The number of thioether (sulfide) groups is 1. The highest BCUT2D eigenvalue weighted by Gasteiger charge is 2.13. The molecule has 0 bridgehead atoms. The lowest BCUT2D eigenvalue weighted by Crippen LogP contribution is -2.28. The molecule has 0 aliphatic heterocycles. The first-order chi connectivity index (χ1) is 12.5. The summed E-state index contributed by atoms with van der Waals surface area (Å²) >= 11 is 7.09. The van der Waals surface area contributed by atoms with Crippen molar-refractivity contribution < 1.29 is 9.21 Å². The van der Waals surface area contributed by atoms with E-state index in [-0.39, 0.29) is 17.7 Å². The summed E-state index contributed by atoms with van der Waals surface area (Å²) in [4.78, 5) is 12.1. The molecule has 1 aromatic heterocycles. The molecule has 1 atom stereocenters. The molecule has 0 fully saturated rings. The van der Waals surface area contributed by atoms with Crippen molar-refractivity contribution in [2.75, 3.05) is 5.75 Å². The zero-order valence-corrected chi connectivity index (χ0v) is 16.0. The smallest absolute Gasteiger partial charge is 0.277 e. The van der Waals surface area contributed by atoms with Gasteiger partial charge in [0.2, 0.25) is 11.8 Å². The highest BCUT2D eigenvalue weighted by Crippen LogP contribution is 2.24. The monoisotopic (exact) mass is 387 g/mol. The van der Waals surface area contributed by atoms with Crippen LogP contribution in [0.3, 0.4) is 0 Å². The second-order valence-electron chi connectivity index (χ2n) is 5.87. The fourth-order valence-electron chi connectivity index (χ4n) is 2.41. The first-order valence-corrected chi connectivity index (χ1v) is 9.46. The van der Waals surface area contributed by atoms with Gasteiger partial charge in [-0.2, -0.15) is 0 Å². The molecule has 134 valence electrons. The zero-order valence-electron chi connectivity index (χ0n) is 14.4. The van der Waals surface area contributed by atoms with Crippen molar-refractivity contribution in [1.29, 1.82) is 0 Å². The first-order valence-electron chi connectivity index (χ1n) is 8.09. The first kappa shape index (κ1) is 18.5. The summed E-state index contributed by atoms with van der Waals surface area (Å²) in [6, 6.07) is 15.1. The van der Waals surface area contributed by atoms with Crippen LogP contribution in [0.1, 0.15) is 24.1 Å². The Hall–Kier alpha value is -2.31. The summed E-state index contributed by atoms with van der Waals surface area (Å²) in [6.07, 6.45) is 0. The molecule has 1 amide bonds. The van der Waals surface area contributed by atoms with Gasteiger partial charge in [-0.05, 0) is 43.7 Å². The summed E-state index contributed by atoms with van der Waals surface area (Å²) < 4.78 is 5.62. The van der Waals surface area contributed by atoms with Crippen molar-refractivity contribution in [3.63, 3.8) is 0 Å². The third-order valence-electron chi connectivity index (χ3n) is 3.75. The quantitative estimate of drug-likeness (QED) is 0.622. The van der Waals surface area contributed by atoms with E-state index >= 15 is 0 Å². The number of halogens is 1. The second kappa shape index (κ2) is 8.38. The van der Waals surface area contributed by atoms with Crippen molar-refractivity contribution in [2.45, 2.75) is 25.1 Å². The molecule has 1 heterocycles. The van der Waals surface area contributed by atoms with Crippen LogP contribution in [0.4, 0.5) is 0 Å². The minimum Gasteiger partial charge on any atom is -0.411 e. The number of carbonyl (C=O) groups excluding carboxylic acids is 1. The van der Waals surface area contributed by atoms with Crippen molar-refractivity contribution in [3.05, 3.63) is 64.7 Å². The number of nitrogens with one attached hydrogen (secondary N) is 1. The predicted octanol–water partition coefficient (Wildman–Crippen LogP) is 4.67. The maximum absolute atomic E-state index is 12.1. The van der Waals surface area contributed by atoms with Gasteiger partial charge in [0.25, 0.3) is 5.22 Å². The van der Waals surface area contributed by atoms with E-state index in [0.29, 0.717) is 16.1 Å². The van der Waals surface area contributed by atoms with Crippen LogP contribution in [-0.2, 0) is 4.79 Å². The van der Waals surface area contributed by atoms with E-state index in [9.17, 15) is 4.79 Å². The Morgan fingerprint density at radius 3 is 2.73 bits per heavy atom. The molecule has 0 aliphatic rings. The lowest BCUT2D eigenvalue weighted by molar-refractivity contribution is -0.119. The molecule has 1 N–H and O–H groups in total. The summed E-state index contributed by atoms with van der Waals surface area (Å²) in [5.41, 5.74) is 2.97. The number of aromatic nitrogens is 2. The maximum atomic E-state index is 12.1. The highest BCUT2D eigenvalue weighted by molar-refractivity contribution is 7.99. The van der Waals surface area contributed by atoms with Gasteiger partial charge in [0.05, 0.1) is 11.8 Å². The Kier molecular flexibility index (Phi) is 5.96. The van der Waals surface area contributed by atoms with E-state index in [1.165, 1.54) is 11.8 Å². The molecular formula is C19H18ClN3O2S. The van der Waals surface area contributed by atoms with Crippen LogP contribution in [0.2, 0.25) is 5.02 Å². The average Bonchev–Trinajstić information content (AvgIpc) is 3.09. The van der Waals surface area contributed by atoms with Crippen LogP contribution in [0, 0.1) is 6.92 Å². The SMILES string of the molecule is Cc1cccc(-c2nnc(SCC(=O)N[C@H](C)c3ccc(Cl)cc3)o2)c1. The Morgan fingerprint density at radius 2 is 2.00 bits per heavy atom. The topological polar surface area (TPSA) is 68.0 Å². The van der Waals surface area contributed by atoms with Crippen LogP contribution in [-0.4, -0.2) is 21.9 Å². The van der Waals surface area contributed by atoms with Crippen molar-refractivity contribution in [2.24, 2.45) is 0 Å². The normalized spacial score (nSPS) is 12.0. The van der Waals surface area contributed by atoms with Crippen LogP contribution in [0.15, 0.2) is 58.2 Å². The summed E-state index contributed by atoms with van der Waals surface area (Å²) in [5, 5.41) is 12.0. The number of benzene rings is 2. The van der Waals surface area contributed by atoms with Gasteiger partial charge in [-0.15, -0.1) is 10.2 Å². The molecule has 0 spiro atoms. The van der Waals surface area contributed by atoms with Gasteiger partial charge in [-0.25, -0.2) is 0 Å². The molecule has 0 radical (unpaired) electrons. The largest absolute Gasteiger partial charge is 0.411 e. The van der Waals surface area contributed by atoms with Crippen molar-refractivity contribution >= 4 is 29.3 Å². The van der Waals surface area contributed by atoms with E-state index < -0.39 is 0 Å². The van der Waals surface area contributed by atoms with Crippen molar-refractivity contribution in [3.8, 4) is 11.5 Å². The number of hydrogen-bond donors (Lipinski definition) is 1. The van der Waals surface area contributed by atoms with Crippen LogP contribution in [0.25, 0.3) is 11.5 Å². The van der Waals surface area contributed by atoms with Gasteiger partial charge >= 0.3 is 0 Å². The van der Waals surface area contributed by atoms with Crippen LogP contribution >= 0.6 is 23.4 Å². The lowest BCUT2D eigenvalue weighted by atomic mass is 10.1. The molecule has 26 heavy (non-hydrogen) atoms. The second-order valence-corrected chi connectivity index (χ2v) is 7.24. The fourth-order valence-corrected chi connectivity index (χ4v) is 3.11.